The summed E-state index contributed by atoms with van der Waals surface area (Å²) in [4.78, 5) is 0. The highest BCUT2D eigenvalue weighted by Gasteiger charge is 2.07. The van der Waals surface area contributed by atoms with Gasteiger partial charge in [-0.3, -0.25) is 0 Å². The molecule has 0 fully saturated rings. The molecule has 1 rings (SSSR count). The van der Waals surface area contributed by atoms with Crippen LogP contribution in [0, 0.1) is 0 Å². The van der Waals surface area contributed by atoms with Gasteiger partial charge in [-0.25, -0.2) is 0 Å². The second-order valence-corrected chi connectivity index (χ2v) is 6.24. The van der Waals surface area contributed by atoms with E-state index in [0.717, 1.165) is 12.8 Å². The molecule has 0 saturated carbocycles. The third-order valence-electron chi connectivity index (χ3n) is 4.33. The number of aromatic hydroxyl groups is 1. The first-order valence-corrected chi connectivity index (χ1v) is 9.09. The van der Waals surface area contributed by atoms with Crippen molar-refractivity contribution in [1.29, 1.82) is 0 Å². The van der Waals surface area contributed by atoms with E-state index in [9.17, 15) is 5.11 Å². The van der Waals surface area contributed by atoms with Gasteiger partial charge < -0.3 is 5.11 Å². The lowest BCUT2D eigenvalue weighted by molar-refractivity contribution is 0.464. The lowest BCUT2D eigenvalue weighted by atomic mass is 9.96. The van der Waals surface area contributed by atoms with Crippen LogP contribution in [0.25, 0.3) is 0 Å². The molecule has 0 radical (unpaired) electrons. The van der Waals surface area contributed by atoms with Crippen molar-refractivity contribution in [2.45, 2.75) is 90.9 Å². The van der Waals surface area contributed by atoms with Crippen molar-refractivity contribution in [3.63, 3.8) is 0 Å². The smallest absolute Gasteiger partial charge is 0.119 e. The molecule has 1 aromatic rings. The van der Waals surface area contributed by atoms with Crippen molar-refractivity contribution in [3.8, 4) is 5.75 Å². The normalized spacial score (nSPS) is 11.0. The summed E-state index contributed by atoms with van der Waals surface area (Å²) in [5.74, 6) is 0.506. The van der Waals surface area contributed by atoms with Crippen LogP contribution in [0.4, 0.5) is 0 Å². The first kappa shape index (κ1) is 18.1. The van der Waals surface area contributed by atoms with Gasteiger partial charge in [0.25, 0.3) is 0 Å². The number of aryl methyl sites for hydroxylation is 1. The number of hydrogen-bond acceptors (Lipinski definition) is 1. The first-order chi connectivity index (χ1) is 10.3. The minimum Gasteiger partial charge on any atom is -0.508 e. The minimum atomic E-state index is 0.506. The van der Waals surface area contributed by atoms with Crippen LogP contribution in [0.3, 0.4) is 0 Å². The van der Waals surface area contributed by atoms with Gasteiger partial charge in [0.05, 0.1) is 0 Å². The van der Waals surface area contributed by atoms with Crippen LogP contribution < -0.4 is 0 Å². The number of phenols is 1. The van der Waals surface area contributed by atoms with E-state index in [1.807, 2.05) is 12.1 Å². The molecular weight excluding hydrogens is 256 g/mol. The summed E-state index contributed by atoms with van der Waals surface area (Å²) >= 11 is 0. The molecule has 0 amide bonds. The van der Waals surface area contributed by atoms with Crippen molar-refractivity contribution in [2.75, 3.05) is 0 Å². The summed E-state index contributed by atoms with van der Waals surface area (Å²) in [5.41, 5.74) is 2.58. The average Bonchev–Trinajstić information content (AvgIpc) is 2.49. The van der Waals surface area contributed by atoms with Crippen molar-refractivity contribution in [2.24, 2.45) is 0 Å². The summed E-state index contributed by atoms with van der Waals surface area (Å²) in [6, 6.07) is 6.04. The lowest BCUT2D eigenvalue weighted by Crippen LogP contribution is -1.96. The van der Waals surface area contributed by atoms with Crippen LogP contribution in [0.5, 0.6) is 5.75 Å². The molecule has 0 aliphatic carbocycles. The molecule has 0 aliphatic heterocycles. The molecule has 0 spiro atoms. The Bertz CT molecular complexity index is 370. The maximum Gasteiger partial charge on any atom is 0.119 e. The van der Waals surface area contributed by atoms with Gasteiger partial charge >= 0.3 is 0 Å². The Morgan fingerprint density at radius 1 is 0.714 bits per heavy atom. The van der Waals surface area contributed by atoms with Crippen molar-refractivity contribution >= 4 is 0 Å². The van der Waals surface area contributed by atoms with E-state index in [0.29, 0.717) is 5.75 Å². The molecule has 0 saturated heterocycles. The fraction of sp³-hybridized carbons (Fsp3) is 0.700. The van der Waals surface area contributed by atoms with Gasteiger partial charge in [0, 0.05) is 0 Å². The number of phenolic OH excluding ortho intramolecular Hbond substituents is 1. The van der Waals surface area contributed by atoms with Gasteiger partial charge in [-0.1, -0.05) is 77.3 Å². The lowest BCUT2D eigenvalue weighted by Gasteiger charge is -2.11. The highest BCUT2D eigenvalue weighted by molar-refractivity contribution is 5.39. The van der Waals surface area contributed by atoms with E-state index >= 15 is 0 Å². The Balaban J connectivity index is 2.34. The monoisotopic (exact) mass is 290 g/mol. The van der Waals surface area contributed by atoms with Gasteiger partial charge in [0.15, 0.2) is 0 Å². The van der Waals surface area contributed by atoms with Crippen LogP contribution in [0.2, 0.25) is 0 Å². The number of unbranched alkanes of at least 4 members (excludes halogenated alkanes) is 8. The van der Waals surface area contributed by atoms with Crippen LogP contribution in [-0.2, 0) is 12.8 Å². The van der Waals surface area contributed by atoms with E-state index in [4.69, 9.17) is 0 Å². The number of hydrogen-bond donors (Lipinski definition) is 1. The summed E-state index contributed by atoms with van der Waals surface area (Å²) in [5, 5.41) is 10.1. The second kappa shape index (κ2) is 11.7. The van der Waals surface area contributed by atoms with E-state index in [1.165, 1.54) is 75.3 Å². The van der Waals surface area contributed by atoms with E-state index in [1.54, 1.807) is 0 Å². The zero-order valence-corrected chi connectivity index (χ0v) is 14.2. The van der Waals surface area contributed by atoms with Crippen LogP contribution >= 0.6 is 0 Å². The molecule has 0 atom stereocenters. The Kier molecular flexibility index (Phi) is 10.0. The molecule has 21 heavy (non-hydrogen) atoms. The van der Waals surface area contributed by atoms with Crippen molar-refractivity contribution < 1.29 is 5.11 Å². The third-order valence-corrected chi connectivity index (χ3v) is 4.33. The molecule has 120 valence electrons. The van der Waals surface area contributed by atoms with Crippen molar-refractivity contribution in [3.05, 3.63) is 29.3 Å². The zero-order valence-electron chi connectivity index (χ0n) is 14.2. The molecule has 0 heterocycles. The summed E-state index contributed by atoms with van der Waals surface area (Å²) in [6.45, 7) is 4.49. The van der Waals surface area contributed by atoms with Gasteiger partial charge in [-0.2, -0.15) is 0 Å². The molecule has 0 bridgehead atoms. The largest absolute Gasteiger partial charge is 0.508 e. The second-order valence-electron chi connectivity index (χ2n) is 6.24. The fourth-order valence-electron chi connectivity index (χ4n) is 2.97. The predicted octanol–water partition coefficient (Wildman–Crippen LogP) is 6.42. The van der Waals surface area contributed by atoms with Gasteiger partial charge in [0.2, 0.25) is 0 Å². The Hall–Kier alpha value is -0.980. The Morgan fingerprint density at radius 2 is 1.29 bits per heavy atom. The maximum atomic E-state index is 10.1. The standard InChI is InChI=1S/C20H34O/c1-3-5-7-8-9-10-12-14-18-15-13-17-20(21)19(18)16-11-6-4-2/h13,15,17,21H,3-12,14,16H2,1-2H3. The van der Waals surface area contributed by atoms with Crippen molar-refractivity contribution in [1.82, 2.24) is 0 Å². The highest BCUT2D eigenvalue weighted by Crippen LogP contribution is 2.25. The quantitative estimate of drug-likeness (QED) is 0.440. The molecule has 1 aromatic carbocycles. The third kappa shape index (κ3) is 7.55. The number of rotatable bonds is 12. The molecule has 1 nitrogen and oxygen atoms in total. The maximum absolute atomic E-state index is 10.1. The molecule has 0 aliphatic rings. The van der Waals surface area contributed by atoms with Gasteiger partial charge in [-0.05, 0) is 42.9 Å². The van der Waals surface area contributed by atoms with E-state index in [-0.39, 0.29) is 0 Å². The number of benzene rings is 1. The summed E-state index contributed by atoms with van der Waals surface area (Å²) in [6.07, 6.45) is 15.3. The van der Waals surface area contributed by atoms with Crippen LogP contribution in [-0.4, -0.2) is 5.11 Å². The summed E-state index contributed by atoms with van der Waals surface area (Å²) in [7, 11) is 0. The summed E-state index contributed by atoms with van der Waals surface area (Å²) < 4.78 is 0. The molecular formula is C20H34O. The Labute approximate surface area is 131 Å². The van der Waals surface area contributed by atoms with Gasteiger partial charge in [-0.15, -0.1) is 0 Å². The van der Waals surface area contributed by atoms with Crippen LogP contribution in [0.1, 0.15) is 89.2 Å². The molecule has 0 aromatic heterocycles. The topological polar surface area (TPSA) is 20.2 Å². The fourth-order valence-corrected chi connectivity index (χ4v) is 2.97. The Morgan fingerprint density at radius 3 is 2.00 bits per heavy atom. The average molecular weight is 290 g/mol. The van der Waals surface area contributed by atoms with E-state index < -0.39 is 0 Å². The molecule has 1 N–H and O–H groups in total. The zero-order chi connectivity index (χ0) is 15.3. The van der Waals surface area contributed by atoms with Gasteiger partial charge in [0.1, 0.15) is 5.75 Å². The molecule has 0 unspecified atom stereocenters. The molecule has 1 heteroatoms. The predicted molar refractivity (Wildman–Crippen MR) is 93.0 cm³/mol. The SMILES string of the molecule is CCCCCCCCCc1cccc(O)c1CCCCC. The van der Waals surface area contributed by atoms with Crippen LogP contribution in [0.15, 0.2) is 18.2 Å². The minimum absolute atomic E-state index is 0.506. The van der Waals surface area contributed by atoms with E-state index in [2.05, 4.69) is 19.9 Å². The highest BCUT2D eigenvalue weighted by atomic mass is 16.3. The first-order valence-electron chi connectivity index (χ1n) is 9.09.